The molecule has 0 aliphatic carbocycles. The van der Waals surface area contributed by atoms with Gasteiger partial charge in [0, 0.05) is 5.56 Å². The second-order valence-electron chi connectivity index (χ2n) is 4.15. The molecule has 2 rings (SSSR count). The Morgan fingerprint density at radius 2 is 2.29 bits per heavy atom. The molecule has 8 heteroatoms. The molecule has 0 aromatic heterocycles. The van der Waals surface area contributed by atoms with E-state index in [9.17, 15) is 13.6 Å². The summed E-state index contributed by atoms with van der Waals surface area (Å²) in [6.45, 7) is 2.16. The van der Waals surface area contributed by atoms with Gasteiger partial charge >= 0.3 is 0 Å². The third-order valence-corrected chi connectivity index (χ3v) is 3.28. The molecule has 112 valence electrons. The Hall–Kier alpha value is -1.96. The number of ether oxygens (including phenoxy) is 1. The topological polar surface area (TPSA) is 63.1 Å². The monoisotopic (exact) mass is 313 g/mol. The highest BCUT2D eigenvalue weighted by molar-refractivity contribution is 8.15. The fourth-order valence-electron chi connectivity index (χ4n) is 1.50. The summed E-state index contributed by atoms with van der Waals surface area (Å²) in [6.07, 6.45) is 1.95. The van der Waals surface area contributed by atoms with Crippen molar-refractivity contribution in [2.75, 3.05) is 12.4 Å². The minimum atomic E-state index is -1.02. The molecule has 1 amide bonds. The fourth-order valence-corrected chi connectivity index (χ4v) is 2.13. The van der Waals surface area contributed by atoms with E-state index in [0.29, 0.717) is 29.5 Å². The summed E-state index contributed by atoms with van der Waals surface area (Å²) >= 11 is 1.22. The quantitative estimate of drug-likeness (QED) is 0.670. The summed E-state index contributed by atoms with van der Waals surface area (Å²) in [5.41, 5.74) is 0.318. The van der Waals surface area contributed by atoms with Crippen LogP contribution in [0.3, 0.4) is 0 Å². The minimum absolute atomic E-state index is 0.142. The van der Waals surface area contributed by atoms with Gasteiger partial charge in [-0.1, -0.05) is 18.7 Å². The molecule has 1 aromatic carbocycles. The van der Waals surface area contributed by atoms with Crippen LogP contribution in [0.25, 0.3) is 0 Å². The molecule has 0 radical (unpaired) electrons. The SMILES string of the molecule is CCCOc1cc(C=NN=C2NC(=O)CS2)cc(F)c1F. The number of carbonyl (C=O) groups is 1. The number of amidine groups is 1. The van der Waals surface area contributed by atoms with E-state index < -0.39 is 11.6 Å². The molecule has 1 aromatic rings. The van der Waals surface area contributed by atoms with Crippen LogP contribution in [0.4, 0.5) is 8.78 Å². The van der Waals surface area contributed by atoms with Crippen LogP contribution in [0, 0.1) is 11.6 Å². The minimum Gasteiger partial charge on any atom is -0.490 e. The highest BCUT2D eigenvalue weighted by atomic mass is 32.2. The summed E-state index contributed by atoms with van der Waals surface area (Å²) in [5.74, 6) is -2.03. The molecule has 1 saturated heterocycles. The van der Waals surface area contributed by atoms with Crippen molar-refractivity contribution < 1.29 is 18.3 Å². The lowest BCUT2D eigenvalue weighted by Gasteiger charge is -2.07. The maximum absolute atomic E-state index is 13.5. The summed E-state index contributed by atoms with van der Waals surface area (Å²) in [5, 5.41) is 10.4. The van der Waals surface area contributed by atoms with Gasteiger partial charge in [0.25, 0.3) is 0 Å². The molecule has 0 bridgehead atoms. The molecule has 0 saturated carbocycles. The first kappa shape index (κ1) is 15.4. The van der Waals surface area contributed by atoms with Gasteiger partial charge in [-0.3, -0.25) is 4.79 Å². The maximum Gasteiger partial charge on any atom is 0.236 e. The molecule has 1 N–H and O–H groups in total. The van der Waals surface area contributed by atoms with Crippen molar-refractivity contribution in [3.63, 3.8) is 0 Å². The van der Waals surface area contributed by atoms with E-state index in [-0.39, 0.29) is 11.7 Å². The molecular formula is C13H13F2N3O2S. The Kier molecular flexibility index (Phi) is 5.26. The van der Waals surface area contributed by atoms with Gasteiger partial charge in [-0.15, -0.1) is 5.10 Å². The standard InChI is InChI=1S/C13H13F2N3O2S/c1-2-3-20-10-5-8(4-9(14)12(10)15)6-16-18-13-17-11(19)7-21-13/h4-6H,2-3,7H2,1H3,(H,17,18,19). The molecule has 0 atom stereocenters. The van der Waals surface area contributed by atoms with Crippen molar-refractivity contribution in [1.29, 1.82) is 0 Å². The Bertz CT molecular complexity index is 605. The van der Waals surface area contributed by atoms with Crippen LogP contribution in [-0.4, -0.2) is 29.6 Å². The van der Waals surface area contributed by atoms with E-state index >= 15 is 0 Å². The van der Waals surface area contributed by atoms with Gasteiger partial charge in [-0.05, 0) is 18.6 Å². The first-order valence-electron chi connectivity index (χ1n) is 6.25. The van der Waals surface area contributed by atoms with E-state index in [4.69, 9.17) is 4.74 Å². The van der Waals surface area contributed by atoms with Gasteiger partial charge in [-0.25, -0.2) is 4.39 Å². The predicted octanol–water partition coefficient (Wildman–Crippen LogP) is 2.31. The van der Waals surface area contributed by atoms with Crippen LogP contribution < -0.4 is 10.1 Å². The van der Waals surface area contributed by atoms with Gasteiger partial charge in [-0.2, -0.15) is 9.49 Å². The van der Waals surface area contributed by atoms with Crippen LogP contribution in [0.5, 0.6) is 5.75 Å². The van der Waals surface area contributed by atoms with E-state index in [1.807, 2.05) is 6.92 Å². The number of benzene rings is 1. The summed E-state index contributed by atoms with van der Waals surface area (Å²) in [6, 6.07) is 2.34. The zero-order chi connectivity index (χ0) is 15.2. The molecule has 1 aliphatic rings. The van der Waals surface area contributed by atoms with E-state index in [2.05, 4.69) is 15.5 Å². The Labute approximate surface area is 124 Å². The van der Waals surface area contributed by atoms with Crippen LogP contribution in [0.15, 0.2) is 22.3 Å². The average Bonchev–Trinajstić information content (AvgIpc) is 2.86. The average molecular weight is 313 g/mol. The number of nitrogens with zero attached hydrogens (tertiary/aromatic N) is 2. The zero-order valence-electron chi connectivity index (χ0n) is 11.2. The van der Waals surface area contributed by atoms with Gasteiger partial charge in [0.15, 0.2) is 16.7 Å². The van der Waals surface area contributed by atoms with Crippen LogP contribution in [0.1, 0.15) is 18.9 Å². The molecule has 1 fully saturated rings. The largest absolute Gasteiger partial charge is 0.490 e. The zero-order valence-corrected chi connectivity index (χ0v) is 12.0. The highest BCUT2D eigenvalue weighted by Gasteiger charge is 2.16. The third kappa shape index (κ3) is 4.25. The van der Waals surface area contributed by atoms with Gasteiger partial charge < -0.3 is 10.1 Å². The highest BCUT2D eigenvalue weighted by Crippen LogP contribution is 2.21. The first-order valence-corrected chi connectivity index (χ1v) is 7.24. The summed E-state index contributed by atoms with van der Waals surface area (Å²) in [7, 11) is 0. The molecule has 0 unspecified atom stereocenters. The summed E-state index contributed by atoms with van der Waals surface area (Å²) < 4.78 is 32.1. The van der Waals surface area contributed by atoms with Gasteiger partial charge in [0.1, 0.15) is 0 Å². The third-order valence-electron chi connectivity index (χ3n) is 2.42. The number of hydrogen-bond acceptors (Lipinski definition) is 5. The molecule has 5 nitrogen and oxygen atoms in total. The van der Waals surface area contributed by atoms with Crippen LogP contribution in [0.2, 0.25) is 0 Å². The number of halogens is 2. The molecule has 21 heavy (non-hydrogen) atoms. The van der Waals surface area contributed by atoms with Crippen molar-refractivity contribution in [2.24, 2.45) is 10.2 Å². The van der Waals surface area contributed by atoms with Crippen molar-refractivity contribution in [3.8, 4) is 5.75 Å². The fraction of sp³-hybridized carbons (Fsp3) is 0.308. The van der Waals surface area contributed by atoms with Crippen molar-refractivity contribution in [2.45, 2.75) is 13.3 Å². The second kappa shape index (κ2) is 7.16. The number of hydrogen-bond donors (Lipinski definition) is 1. The normalized spacial score (nSPS) is 16.7. The lowest BCUT2D eigenvalue weighted by molar-refractivity contribution is -0.116. The Morgan fingerprint density at radius 3 is 2.95 bits per heavy atom. The molecule has 1 aliphatic heterocycles. The number of nitrogens with one attached hydrogen (secondary N) is 1. The summed E-state index contributed by atoms with van der Waals surface area (Å²) in [4.78, 5) is 10.9. The number of carbonyl (C=O) groups excluding carboxylic acids is 1. The molecular weight excluding hydrogens is 300 g/mol. The number of rotatable bonds is 5. The van der Waals surface area contributed by atoms with E-state index in [1.165, 1.54) is 24.0 Å². The van der Waals surface area contributed by atoms with Crippen molar-refractivity contribution in [1.82, 2.24) is 5.32 Å². The lowest BCUT2D eigenvalue weighted by atomic mass is 10.2. The lowest BCUT2D eigenvalue weighted by Crippen LogP contribution is -2.19. The number of amides is 1. The Balaban J connectivity index is 2.12. The number of thioether (sulfide) groups is 1. The van der Waals surface area contributed by atoms with Crippen LogP contribution >= 0.6 is 11.8 Å². The second-order valence-corrected chi connectivity index (χ2v) is 5.11. The maximum atomic E-state index is 13.5. The van der Waals surface area contributed by atoms with Gasteiger partial charge in [0.2, 0.25) is 11.7 Å². The first-order chi connectivity index (χ1) is 10.1. The van der Waals surface area contributed by atoms with E-state index in [1.54, 1.807) is 0 Å². The smallest absolute Gasteiger partial charge is 0.236 e. The van der Waals surface area contributed by atoms with Crippen molar-refractivity contribution in [3.05, 3.63) is 29.3 Å². The van der Waals surface area contributed by atoms with Crippen LogP contribution in [-0.2, 0) is 4.79 Å². The molecule has 1 heterocycles. The van der Waals surface area contributed by atoms with Gasteiger partial charge in [0.05, 0.1) is 18.6 Å². The Morgan fingerprint density at radius 1 is 1.48 bits per heavy atom. The molecule has 0 spiro atoms. The van der Waals surface area contributed by atoms with Crippen molar-refractivity contribution >= 4 is 29.1 Å². The van der Waals surface area contributed by atoms with E-state index in [0.717, 1.165) is 6.07 Å². The predicted molar refractivity (Wildman–Crippen MR) is 77.8 cm³/mol.